The maximum atomic E-state index is 5.92. The molecule has 1 atom stereocenters. The summed E-state index contributed by atoms with van der Waals surface area (Å²) in [5.41, 5.74) is 2.38. The lowest BCUT2D eigenvalue weighted by atomic mass is 9.93. The van der Waals surface area contributed by atoms with E-state index in [9.17, 15) is 0 Å². The lowest BCUT2D eigenvalue weighted by Crippen LogP contribution is -2.48. The van der Waals surface area contributed by atoms with Gasteiger partial charge in [0.05, 0.1) is 30.1 Å². The molecule has 0 amide bonds. The summed E-state index contributed by atoms with van der Waals surface area (Å²) in [5.74, 6) is 0.916. The van der Waals surface area contributed by atoms with Gasteiger partial charge in [-0.25, -0.2) is 4.98 Å². The van der Waals surface area contributed by atoms with E-state index in [0.29, 0.717) is 6.61 Å². The molecule has 2 aromatic rings. The fraction of sp³-hybridized carbons (Fsp3) is 0.632. The summed E-state index contributed by atoms with van der Waals surface area (Å²) in [6.45, 7) is 9.70. The first-order valence-electron chi connectivity index (χ1n) is 9.37. The van der Waals surface area contributed by atoms with Gasteiger partial charge in [-0.15, -0.1) is 11.3 Å². The van der Waals surface area contributed by atoms with Gasteiger partial charge in [-0.05, 0) is 0 Å². The Balaban J connectivity index is 1.53. The van der Waals surface area contributed by atoms with E-state index in [0.717, 1.165) is 42.6 Å². The fourth-order valence-corrected chi connectivity index (χ4v) is 4.06. The molecule has 0 saturated carbocycles. The molecule has 1 N–H and O–H groups in total. The summed E-state index contributed by atoms with van der Waals surface area (Å²) >= 11 is 1.74. The summed E-state index contributed by atoms with van der Waals surface area (Å²) in [4.78, 5) is 11.5. The number of nitrogens with zero attached hydrogens (tertiary/aromatic N) is 5. The van der Waals surface area contributed by atoms with Crippen LogP contribution in [0.3, 0.4) is 0 Å². The Labute approximate surface area is 165 Å². The van der Waals surface area contributed by atoms with Gasteiger partial charge in [0.25, 0.3) is 0 Å². The minimum atomic E-state index is 0.0271. The molecule has 8 heteroatoms. The molecule has 2 aromatic heterocycles. The minimum absolute atomic E-state index is 0.0271. The van der Waals surface area contributed by atoms with Crippen molar-refractivity contribution in [3.8, 4) is 0 Å². The number of rotatable bonds is 4. The predicted molar refractivity (Wildman–Crippen MR) is 109 cm³/mol. The predicted octanol–water partition coefficient (Wildman–Crippen LogP) is 2.37. The molecule has 0 aromatic carbocycles. The monoisotopic (exact) mass is 390 g/mol. The summed E-state index contributed by atoms with van der Waals surface area (Å²) in [7, 11) is 3.76. The first-order chi connectivity index (χ1) is 12.9. The van der Waals surface area contributed by atoms with Gasteiger partial charge < -0.3 is 15.0 Å². The number of aryl methyl sites for hydroxylation is 1. The normalized spacial score (nSPS) is 18.8. The Morgan fingerprint density at radius 2 is 2.26 bits per heavy atom. The summed E-state index contributed by atoms with van der Waals surface area (Å²) in [6, 6.07) is 0. The zero-order valence-corrected chi connectivity index (χ0v) is 17.7. The van der Waals surface area contributed by atoms with Crippen LogP contribution < -0.4 is 5.32 Å². The second kappa shape index (κ2) is 8.39. The van der Waals surface area contributed by atoms with Crippen LogP contribution >= 0.6 is 11.3 Å². The van der Waals surface area contributed by atoms with Crippen molar-refractivity contribution in [3.05, 3.63) is 34.0 Å². The first kappa shape index (κ1) is 19.8. The van der Waals surface area contributed by atoms with Crippen molar-refractivity contribution in [2.75, 3.05) is 33.3 Å². The molecule has 148 valence electrons. The molecular formula is C19H30N6OS. The largest absolute Gasteiger partial charge is 0.370 e. The SMILES string of the molecule is CN=C(NCCc1nc(C(C)(C)C)cs1)N1CCOC(c2cnn(C)c2)C1. The van der Waals surface area contributed by atoms with Crippen molar-refractivity contribution in [2.45, 2.75) is 38.7 Å². The smallest absolute Gasteiger partial charge is 0.193 e. The summed E-state index contributed by atoms with van der Waals surface area (Å²) in [5, 5.41) is 11.1. The van der Waals surface area contributed by atoms with Gasteiger partial charge in [-0.1, -0.05) is 20.8 Å². The number of nitrogens with one attached hydrogen (secondary N) is 1. The molecule has 0 bridgehead atoms. The molecule has 1 unspecified atom stereocenters. The topological polar surface area (TPSA) is 67.6 Å². The van der Waals surface area contributed by atoms with E-state index in [-0.39, 0.29) is 11.5 Å². The quantitative estimate of drug-likeness (QED) is 0.641. The highest BCUT2D eigenvalue weighted by Crippen LogP contribution is 2.24. The lowest BCUT2D eigenvalue weighted by molar-refractivity contribution is -0.00800. The van der Waals surface area contributed by atoms with Crippen molar-refractivity contribution >= 4 is 17.3 Å². The Morgan fingerprint density at radius 3 is 2.89 bits per heavy atom. The zero-order valence-electron chi connectivity index (χ0n) is 16.9. The van der Waals surface area contributed by atoms with Crippen LogP contribution in [0.2, 0.25) is 0 Å². The average Bonchev–Trinajstić information content (AvgIpc) is 3.28. The number of hydrogen-bond acceptors (Lipinski definition) is 5. The lowest BCUT2D eigenvalue weighted by Gasteiger charge is -2.34. The molecular weight excluding hydrogens is 360 g/mol. The molecule has 1 fully saturated rings. The molecule has 0 radical (unpaired) electrons. The highest BCUT2D eigenvalue weighted by Gasteiger charge is 2.25. The van der Waals surface area contributed by atoms with Crippen molar-refractivity contribution in [3.63, 3.8) is 0 Å². The van der Waals surface area contributed by atoms with Crippen LogP contribution in [-0.2, 0) is 23.6 Å². The van der Waals surface area contributed by atoms with E-state index < -0.39 is 0 Å². The Hall–Kier alpha value is -1.93. The van der Waals surface area contributed by atoms with Crippen molar-refractivity contribution in [1.82, 2.24) is 25.0 Å². The van der Waals surface area contributed by atoms with E-state index in [1.165, 1.54) is 5.69 Å². The Morgan fingerprint density at radius 1 is 1.44 bits per heavy atom. The maximum Gasteiger partial charge on any atom is 0.193 e. The number of guanidine groups is 1. The van der Waals surface area contributed by atoms with Gasteiger partial charge in [0, 0.05) is 56.2 Å². The third-order valence-electron chi connectivity index (χ3n) is 4.62. The van der Waals surface area contributed by atoms with Crippen LogP contribution in [0.25, 0.3) is 0 Å². The molecule has 7 nitrogen and oxygen atoms in total. The number of aliphatic imine (C=N–C) groups is 1. The molecule has 3 rings (SSSR count). The number of thiazole rings is 1. The molecule has 0 spiro atoms. The van der Waals surface area contributed by atoms with Gasteiger partial charge >= 0.3 is 0 Å². The van der Waals surface area contributed by atoms with Gasteiger partial charge in [0.1, 0.15) is 6.10 Å². The molecule has 0 aliphatic carbocycles. The van der Waals surface area contributed by atoms with Crippen LogP contribution in [0.15, 0.2) is 22.8 Å². The van der Waals surface area contributed by atoms with E-state index in [1.54, 1.807) is 11.3 Å². The second-order valence-electron chi connectivity index (χ2n) is 7.85. The first-order valence-corrected chi connectivity index (χ1v) is 10.3. The Kier molecular flexibility index (Phi) is 6.16. The second-order valence-corrected chi connectivity index (χ2v) is 8.80. The van der Waals surface area contributed by atoms with Crippen molar-refractivity contribution in [2.24, 2.45) is 12.0 Å². The Bertz CT molecular complexity index is 775. The number of aromatic nitrogens is 3. The number of hydrogen-bond donors (Lipinski definition) is 1. The standard InChI is InChI=1S/C19H30N6OS/c1-19(2,3)16-13-27-17(23-16)6-7-21-18(20-4)25-8-9-26-15(12-25)14-10-22-24(5)11-14/h10-11,13,15H,6-9,12H2,1-5H3,(H,20,21). The van der Waals surface area contributed by atoms with E-state index in [4.69, 9.17) is 9.72 Å². The summed E-state index contributed by atoms with van der Waals surface area (Å²) in [6.07, 6.45) is 4.81. The van der Waals surface area contributed by atoms with Gasteiger partial charge in [0.15, 0.2) is 5.96 Å². The number of morpholine rings is 1. The van der Waals surface area contributed by atoms with Crippen LogP contribution in [0.4, 0.5) is 0 Å². The van der Waals surface area contributed by atoms with E-state index >= 15 is 0 Å². The molecule has 1 aliphatic rings. The third-order valence-corrected chi connectivity index (χ3v) is 5.53. The van der Waals surface area contributed by atoms with Gasteiger partial charge in [0.2, 0.25) is 0 Å². The van der Waals surface area contributed by atoms with Crippen LogP contribution in [0.5, 0.6) is 0 Å². The zero-order chi connectivity index (χ0) is 19.4. The average molecular weight is 391 g/mol. The highest BCUT2D eigenvalue weighted by molar-refractivity contribution is 7.09. The van der Waals surface area contributed by atoms with E-state index in [1.807, 2.05) is 31.2 Å². The fourth-order valence-electron chi connectivity index (χ4n) is 3.03. The number of ether oxygens (including phenoxy) is 1. The molecule has 27 heavy (non-hydrogen) atoms. The highest BCUT2D eigenvalue weighted by atomic mass is 32.1. The van der Waals surface area contributed by atoms with Gasteiger partial charge in [-0.3, -0.25) is 9.67 Å². The van der Waals surface area contributed by atoms with Gasteiger partial charge in [-0.2, -0.15) is 5.10 Å². The molecule has 1 saturated heterocycles. The van der Waals surface area contributed by atoms with E-state index in [2.05, 4.69) is 46.5 Å². The molecule has 3 heterocycles. The molecule has 1 aliphatic heterocycles. The van der Waals surface area contributed by atoms with Crippen LogP contribution in [0.1, 0.15) is 43.1 Å². The van der Waals surface area contributed by atoms with Crippen LogP contribution in [0, 0.1) is 0 Å². The van der Waals surface area contributed by atoms with Crippen molar-refractivity contribution in [1.29, 1.82) is 0 Å². The van der Waals surface area contributed by atoms with Crippen molar-refractivity contribution < 1.29 is 4.74 Å². The van der Waals surface area contributed by atoms with Crippen LogP contribution in [-0.4, -0.2) is 58.9 Å². The summed E-state index contributed by atoms with van der Waals surface area (Å²) < 4.78 is 7.73. The third kappa shape index (κ3) is 5.07. The minimum Gasteiger partial charge on any atom is -0.370 e. The maximum absolute atomic E-state index is 5.92.